The van der Waals surface area contributed by atoms with Gasteiger partial charge < -0.3 is 5.32 Å². The smallest absolute Gasteiger partial charge is 0.0280 e. The van der Waals surface area contributed by atoms with Crippen molar-refractivity contribution in [3.05, 3.63) is 12.2 Å². The van der Waals surface area contributed by atoms with Crippen molar-refractivity contribution in [3.63, 3.8) is 0 Å². The van der Waals surface area contributed by atoms with Crippen LogP contribution in [0.4, 0.5) is 0 Å². The molecule has 0 amide bonds. The molecule has 14 heavy (non-hydrogen) atoms. The molecular weight excluding hydrogens is 172 g/mol. The van der Waals surface area contributed by atoms with Crippen molar-refractivity contribution in [1.29, 1.82) is 0 Å². The second kappa shape index (κ2) is 4.45. The average molecular weight is 194 g/mol. The first-order valence-corrected chi connectivity index (χ1v) is 5.91. The number of hydrogen-bond acceptors (Lipinski definition) is 2. The Morgan fingerprint density at radius 3 is 2.93 bits per heavy atom. The van der Waals surface area contributed by atoms with E-state index in [2.05, 4.69) is 29.3 Å². The summed E-state index contributed by atoms with van der Waals surface area (Å²) in [6, 6.07) is 0. The summed E-state index contributed by atoms with van der Waals surface area (Å²) in [5.41, 5.74) is 0.378. The van der Waals surface area contributed by atoms with Crippen LogP contribution in [0.15, 0.2) is 12.2 Å². The van der Waals surface area contributed by atoms with Crippen molar-refractivity contribution >= 4 is 0 Å². The van der Waals surface area contributed by atoms with Gasteiger partial charge >= 0.3 is 0 Å². The van der Waals surface area contributed by atoms with Crippen LogP contribution in [0.25, 0.3) is 0 Å². The molecule has 2 aliphatic rings. The molecule has 0 radical (unpaired) electrons. The van der Waals surface area contributed by atoms with E-state index in [1.54, 1.807) is 0 Å². The Morgan fingerprint density at radius 1 is 1.36 bits per heavy atom. The second-order valence-corrected chi connectivity index (χ2v) is 4.94. The zero-order valence-electron chi connectivity index (χ0n) is 9.26. The van der Waals surface area contributed by atoms with E-state index in [0.29, 0.717) is 5.54 Å². The largest absolute Gasteiger partial charge is 0.310 e. The molecule has 1 atom stereocenters. The molecule has 0 saturated carbocycles. The predicted molar refractivity (Wildman–Crippen MR) is 60.5 cm³/mol. The molecule has 2 heterocycles. The highest BCUT2D eigenvalue weighted by Crippen LogP contribution is 2.20. The average Bonchev–Trinajstić information content (AvgIpc) is 2.19. The van der Waals surface area contributed by atoms with Gasteiger partial charge in [-0.2, -0.15) is 0 Å². The highest BCUT2D eigenvalue weighted by molar-refractivity contribution is 4.95. The first-order chi connectivity index (χ1) is 6.79. The van der Waals surface area contributed by atoms with E-state index >= 15 is 0 Å². The fourth-order valence-electron chi connectivity index (χ4n) is 2.58. The SMILES string of the molecule is CC1(CN2CC=CCC2)CCCCN1. The molecule has 2 aliphatic heterocycles. The molecule has 2 rings (SSSR count). The maximum Gasteiger partial charge on any atom is 0.0280 e. The molecule has 2 nitrogen and oxygen atoms in total. The minimum Gasteiger partial charge on any atom is -0.310 e. The third-order valence-corrected chi connectivity index (χ3v) is 3.42. The van der Waals surface area contributed by atoms with Crippen molar-refractivity contribution < 1.29 is 0 Å². The molecule has 1 saturated heterocycles. The summed E-state index contributed by atoms with van der Waals surface area (Å²) in [4.78, 5) is 2.57. The molecule has 0 aliphatic carbocycles. The number of piperidine rings is 1. The Bertz CT molecular complexity index is 204. The van der Waals surface area contributed by atoms with Gasteiger partial charge in [0.1, 0.15) is 0 Å². The molecule has 0 aromatic heterocycles. The lowest BCUT2D eigenvalue weighted by molar-refractivity contribution is 0.173. The van der Waals surface area contributed by atoms with Gasteiger partial charge in [-0.05, 0) is 32.7 Å². The summed E-state index contributed by atoms with van der Waals surface area (Å²) in [7, 11) is 0. The van der Waals surface area contributed by atoms with Crippen LogP contribution in [0, 0.1) is 0 Å². The van der Waals surface area contributed by atoms with Crippen molar-refractivity contribution in [1.82, 2.24) is 10.2 Å². The minimum absolute atomic E-state index is 0.378. The molecule has 0 bridgehead atoms. The van der Waals surface area contributed by atoms with Gasteiger partial charge in [-0.1, -0.05) is 18.6 Å². The Kier molecular flexibility index (Phi) is 3.24. The lowest BCUT2D eigenvalue weighted by Crippen LogP contribution is -2.54. The summed E-state index contributed by atoms with van der Waals surface area (Å²) in [5, 5.41) is 3.68. The fraction of sp³-hybridized carbons (Fsp3) is 0.833. The molecule has 2 heteroatoms. The first kappa shape index (κ1) is 10.2. The van der Waals surface area contributed by atoms with Crippen molar-refractivity contribution in [2.24, 2.45) is 0 Å². The van der Waals surface area contributed by atoms with Crippen molar-refractivity contribution in [2.75, 3.05) is 26.2 Å². The molecule has 0 aromatic carbocycles. The normalized spacial score (nSPS) is 34.6. The quantitative estimate of drug-likeness (QED) is 0.674. The van der Waals surface area contributed by atoms with Crippen LogP contribution < -0.4 is 5.32 Å². The molecule has 0 aromatic rings. The first-order valence-electron chi connectivity index (χ1n) is 5.91. The number of nitrogens with zero attached hydrogens (tertiary/aromatic N) is 1. The zero-order chi connectivity index (χ0) is 9.86. The van der Waals surface area contributed by atoms with Crippen molar-refractivity contribution in [3.8, 4) is 0 Å². The predicted octanol–water partition coefficient (Wildman–Crippen LogP) is 1.78. The zero-order valence-corrected chi connectivity index (χ0v) is 9.26. The van der Waals surface area contributed by atoms with Gasteiger partial charge in [0.25, 0.3) is 0 Å². The lowest BCUT2D eigenvalue weighted by atomic mass is 9.90. The molecule has 1 fully saturated rings. The van der Waals surface area contributed by atoms with Crippen LogP contribution in [0.3, 0.4) is 0 Å². The van der Waals surface area contributed by atoms with Gasteiger partial charge in [-0.15, -0.1) is 0 Å². The number of nitrogens with one attached hydrogen (secondary N) is 1. The maximum absolute atomic E-state index is 3.68. The van der Waals surface area contributed by atoms with Gasteiger partial charge in [0.15, 0.2) is 0 Å². The van der Waals surface area contributed by atoms with E-state index in [1.807, 2.05) is 0 Å². The molecular formula is C12H22N2. The number of rotatable bonds is 2. The van der Waals surface area contributed by atoms with Crippen LogP contribution in [-0.2, 0) is 0 Å². The highest BCUT2D eigenvalue weighted by atomic mass is 15.2. The monoisotopic (exact) mass is 194 g/mol. The lowest BCUT2D eigenvalue weighted by Gasteiger charge is -2.39. The fourth-order valence-corrected chi connectivity index (χ4v) is 2.58. The second-order valence-electron chi connectivity index (χ2n) is 4.94. The molecule has 0 spiro atoms. The topological polar surface area (TPSA) is 15.3 Å². The third-order valence-electron chi connectivity index (χ3n) is 3.42. The van der Waals surface area contributed by atoms with E-state index in [-0.39, 0.29) is 0 Å². The highest BCUT2D eigenvalue weighted by Gasteiger charge is 2.28. The Morgan fingerprint density at radius 2 is 2.29 bits per heavy atom. The van der Waals surface area contributed by atoms with Gasteiger partial charge in [0.05, 0.1) is 0 Å². The maximum atomic E-state index is 3.68. The standard InChI is InChI=1S/C12H22N2/c1-12(7-3-4-8-13-12)11-14-9-5-2-6-10-14/h2,5,13H,3-4,6-11H2,1H3. The van der Waals surface area contributed by atoms with Gasteiger partial charge in [-0.25, -0.2) is 0 Å². The van der Waals surface area contributed by atoms with E-state index in [0.717, 1.165) is 6.54 Å². The van der Waals surface area contributed by atoms with E-state index in [4.69, 9.17) is 0 Å². The third kappa shape index (κ3) is 2.58. The van der Waals surface area contributed by atoms with E-state index < -0.39 is 0 Å². The summed E-state index contributed by atoms with van der Waals surface area (Å²) in [5.74, 6) is 0. The summed E-state index contributed by atoms with van der Waals surface area (Å²) >= 11 is 0. The minimum atomic E-state index is 0.378. The van der Waals surface area contributed by atoms with Crippen LogP contribution in [0.1, 0.15) is 32.6 Å². The summed E-state index contributed by atoms with van der Waals surface area (Å²) < 4.78 is 0. The van der Waals surface area contributed by atoms with Crippen LogP contribution in [-0.4, -0.2) is 36.6 Å². The number of hydrogen-bond donors (Lipinski definition) is 1. The van der Waals surface area contributed by atoms with Crippen LogP contribution in [0.5, 0.6) is 0 Å². The van der Waals surface area contributed by atoms with Crippen LogP contribution in [0.2, 0.25) is 0 Å². The van der Waals surface area contributed by atoms with Gasteiger partial charge in [0, 0.05) is 25.2 Å². The molecule has 1 N–H and O–H groups in total. The Hall–Kier alpha value is -0.340. The van der Waals surface area contributed by atoms with Crippen LogP contribution >= 0.6 is 0 Å². The summed E-state index contributed by atoms with van der Waals surface area (Å²) in [6.07, 6.45) is 9.93. The van der Waals surface area contributed by atoms with Gasteiger partial charge in [0.2, 0.25) is 0 Å². The molecule has 80 valence electrons. The van der Waals surface area contributed by atoms with E-state index in [9.17, 15) is 0 Å². The Balaban J connectivity index is 1.85. The van der Waals surface area contributed by atoms with Gasteiger partial charge in [-0.3, -0.25) is 4.90 Å². The van der Waals surface area contributed by atoms with Crippen molar-refractivity contribution in [2.45, 2.75) is 38.1 Å². The van der Waals surface area contributed by atoms with E-state index in [1.165, 1.54) is 45.3 Å². The summed E-state index contributed by atoms with van der Waals surface area (Å²) in [6.45, 7) is 7.20. The molecule has 1 unspecified atom stereocenters. The Labute approximate surface area is 87.4 Å².